The Morgan fingerprint density at radius 2 is 2.12 bits per heavy atom. The van der Waals surface area contributed by atoms with Gasteiger partial charge in [-0.2, -0.15) is 0 Å². The van der Waals surface area contributed by atoms with E-state index in [4.69, 9.17) is 10.5 Å². The zero-order valence-electron chi connectivity index (χ0n) is 13.0. The van der Waals surface area contributed by atoms with Crippen LogP contribution in [0.25, 0.3) is 0 Å². The first kappa shape index (κ1) is 14.9. The molecule has 0 unspecified atom stereocenters. The zero-order chi connectivity index (χ0) is 16.7. The lowest BCUT2D eigenvalue weighted by molar-refractivity contribution is 0.145. The van der Waals surface area contributed by atoms with Crippen molar-refractivity contribution in [2.24, 2.45) is 5.73 Å². The van der Waals surface area contributed by atoms with Gasteiger partial charge in [-0.15, -0.1) is 0 Å². The summed E-state index contributed by atoms with van der Waals surface area (Å²) in [4.78, 5) is 19.3. The second-order valence-electron chi connectivity index (χ2n) is 5.99. The Labute approximate surface area is 138 Å². The van der Waals surface area contributed by atoms with Gasteiger partial charge < -0.3 is 15.4 Å². The van der Waals surface area contributed by atoms with E-state index in [1.165, 1.54) is 11.0 Å². The highest BCUT2D eigenvalue weighted by atomic mass is 19.1. The molecule has 124 valence electrons. The monoisotopic (exact) mass is 328 g/mol. The molecule has 2 aliphatic heterocycles. The van der Waals surface area contributed by atoms with Crippen LogP contribution in [0.4, 0.5) is 20.6 Å². The number of amides is 1. The van der Waals surface area contributed by atoms with Crippen LogP contribution in [0.2, 0.25) is 0 Å². The number of carbonyl (C=O) groups is 1. The fraction of sp³-hybridized carbons (Fsp3) is 0.294. The number of benzene rings is 1. The van der Waals surface area contributed by atoms with Crippen molar-refractivity contribution < 1.29 is 13.9 Å². The highest BCUT2D eigenvalue weighted by Crippen LogP contribution is 2.32. The molecule has 1 atom stereocenters. The van der Waals surface area contributed by atoms with Crippen LogP contribution in [0.15, 0.2) is 36.7 Å². The van der Waals surface area contributed by atoms with Crippen molar-refractivity contribution in [3.63, 3.8) is 0 Å². The molecule has 3 heterocycles. The van der Waals surface area contributed by atoms with E-state index >= 15 is 0 Å². The van der Waals surface area contributed by atoms with Crippen molar-refractivity contribution in [2.75, 3.05) is 22.9 Å². The molecule has 0 spiro atoms. The lowest BCUT2D eigenvalue weighted by Crippen LogP contribution is -2.27. The Morgan fingerprint density at radius 3 is 2.83 bits per heavy atom. The highest BCUT2D eigenvalue weighted by Gasteiger charge is 2.32. The second-order valence-corrected chi connectivity index (χ2v) is 5.99. The predicted octanol–water partition coefficient (Wildman–Crippen LogP) is 2.02. The maximum Gasteiger partial charge on any atom is 0.414 e. The average molecular weight is 328 g/mol. The molecule has 1 aromatic carbocycles. The van der Waals surface area contributed by atoms with Gasteiger partial charge in [-0.25, -0.2) is 9.18 Å². The number of rotatable bonds is 3. The molecule has 1 saturated heterocycles. The second kappa shape index (κ2) is 5.76. The minimum Gasteiger partial charge on any atom is -0.443 e. The molecule has 0 saturated carbocycles. The largest absolute Gasteiger partial charge is 0.443 e. The molecule has 1 aromatic heterocycles. The summed E-state index contributed by atoms with van der Waals surface area (Å²) in [5.41, 5.74) is 8.78. The van der Waals surface area contributed by atoms with Gasteiger partial charge in [0.15, 0.2) is 0 Å². The normalized spacial score (nSPS) is 19.6. The summed E-state index contributed by atoms with van der Waals surface area (Å²) < 4.78 is 19.7. The molecule has 1 fully saturated rings. The molecule has 2 aliphatic rings. The fourth-order valence-corrected chi connectivity index (χ4v) is 3.17. The van der Waals surface area contributed by atoms with E-state index in [0.717, 1.165) is 11.1 Å². The van der Waals surface area contributed by atoms with E-state index in [9.17, 15) is 9.18 Å². The molecule has 6 nitrogen and oxygen atoms in total. The number of cyclic esters (lactones) is 1. The summed E-state index contributed by atoms with van der Waals surface area (Å²) in [5, 5.41) is 0. The van der Waals surface area contributed by atoms with Crippen molar-refractivity contribution in [2.45, 2.75) is 19.2 Å². The van der Waals surface area contributed by atoms with Crippen molar-refractivity contribution in [3.05, 3.63) is 53.6 Å². The molecule has 2 N–H and O–H groups in total. The number of aromatic nitrogens is 1. The van der Waals surface area contributed by atoms with Gasteiger partial charge in [0.25, 0.3) is 0 Å². The Kier molecular flexibility index (Phi) is 3.57. The number of nitrogens with zero attached hydrogens (tertiary/aromatic N) is 3. The Hall–Kier alpha value is -2.67. The molecule has 0 radical (unpaired) electrons. The van der Waals surface area contributed by atoms with E-state index < -0.39 is 6.09 Å². The van der Waals surface area contributed by atoms with Gasteiger partial charge in [0, 0.05) is 32.0 Å². The van der Waals surface area contributed by atoms with E-state index in [-0.39, 0.29) is 18.5 Å². The van der Waals surface area contributed by atoms with E-state index in [0.29, 0.717) is 31.0 Å². The third kappa shape index (κ3) is 2.46. The zero-order valence-corrected chi connectivity index (χ0v) is 13.0. The van der Waals surface area contributed by atoms with E-state index in [1.54, 1.807) is 18.3 Å². The van der Waals surface area contributed by atoms with Crippen LogP contribution < -0.4 is 15.5 Å². The van der Waals surface area contributed by atoms with Crippen LogP contribution in [-0.4, -0.2) is 30.3 Å². The van der Waals surface area contributed by atoms with Gasteiger partial charge in [0.1, 0.15) is 11.9 Å². The smallest absolute Gasteiger partial charge is 0.414 e. The van der Waals surface area contributed by atoms with Gasteiger partial charge in [0.05, 0.1) is 17.9 Å². The number of nitrogens with two attached hydrogens (primary N) is 1. The van der Waals surface area contributed by atoms with Crippen LogP contribution in [-0.2, 0) is 17.8 Å². The number of anilines is 2. The maximum absolute atomic E-state index is 14.6. The number of hydrogen-bond donors (Lipinski definition) is 1. The molecule has 4 rings (SSSR count). The Balaban J connectivity index is 1.57. The standard InChI is InChI=1S/C17H17FN4O2/c18-15-5-13(22-10-14(6-19)24-17(22)23)1-2-16(15)21-8-11-3-4-20-7-12(11)9-21/h1-5,7,14H,6,8-10,19H2/t14-/m0/s1. The minimum atomic E-state index is -0.489. The summed E-state index contributed by atoms with van der Waals surface area (Å²) in [6, 6.07) is 6.76. The third-order valence-electron chi connectivity index (χ3n) is 4.45. The molecular formula is C17H17FN4O2. The lowest BCUT2D eigenvalue weighted by atomic mass is 10.2. The summed E-state index contributed by atoms with van der Waals surface area (Å²) in [6.45, 7) is 1.87. The minimum absolute atomic E-state index is 0.253. The van der Waals surface area contributed by atoms with Crippen LogP contribution in [0, 0.1) is 5.82 Å². The molecular weight excluding hydrogens is 311 g/mol. The number of carbonyl (C=O) groups excluding carboxylic acids is 1. The summed E-state index contributed by atoms with van der Waals surface area (Å²) in [7, 11) is 0. The first-order valence-electron chi connectivity index (χ1n) is 7.80. The van der Waals surface area contributed by atoms with Crippen molar-refractivity contribution in [3.8, 4) is 0 Å². The van der Waals surface area contributed by atoms with Crippen LogP contribution in [0.1, 0.15) is 11.1 Å². The lowest BCUT2D eigenvalue weighted by Gasteiger charge is -2.20. The van der Waals surface area contributed by atoms with Crippen LogP contribution >= 0.6 is 0 Å². The number of hydrogen-bond acceptors (Lipinski definition) is 5. The van der Waals surface area contributed by atoms with E-state index in [2.05, 4.69) is 4.98 Å². The molecule has 24 heavy (non-hydrogen) atoms. The van der Waals surface area contributed by atoms with E-state index in [1.807, 2.05) is 17.2 Å². The number of fused-ring (bicyclic) bond motifs is 1. The van der Waals surface area contributed by atoms with Gasteiger partial charge >= 0.3 is 6.09 Å². The summed E-state index contributed by atoms with van der Waals surface area (Å²) >= 11 is 0. The van der Waals surface area contributed by atoms with Gasteiger partial charge in [0.2, 0.25) is 0 Å². The number of halogens is 1. The molecule has 7 heteroatoms. The first-order chi connectivity index (χ1) is 11.7. The van der Waals surface area contributed by atoms with Crippen molar-refractivity contribution >= 4 is 17.5 Å². The fourth-order valence-electron chi connectivity index (χ4n) is 3.17. The van der Waals surface area contributed by atoms with Crippen molar-refractivity contribution in [1.82, 2.24) is 4.98 Å². The Bertz CT molecular complexity index is 773. The third-order valence-corrected chi connectivity index (χ3v) is 4.45. The SMILES string of the molecule is NC[C@H]1CN(c2ccc(N3Cc4ccncc4C3)c(F)c2)C(=O)O1. The average Bonchev–Trinajstić information content (AvgIpc) is 3.17. The van der Waals surface area contributed by atoms with Gasteiger partial charge in [-0.05, 0) is 35.4 Å². The predicted molar refractivity (Wildman–Crippen MR) is 87.2 cm³/mol. The summed E-state index contributed by atoms with van der Waals surface area (Å²) in [6.07, 6.45) is 2.72. The van der Waals surface area contributed by atoms with Crippen molar-refractivity contribution in [1.29, 1.82) is 0 Å². The number of pyridine rings is 1. The summed E-state index contributed by atoms with van der Waals surface area (Å²) in [5.74, 6) is -0.364. The molecule has 0 bridgehead atoms. The number of ether oxygens (including phenoxy) is 1. The molecule has 0 aliphatic carbocycles. The van der Waals surface area contributed by atoms with Crippen LogP contribution in [0.5, 0.6) is 0 Å². The molecule has 1 amide bonds. The molecule has 2 aromatic rings. The quantitative estimate of drug-likeness (QED) is 0.933. The van der Waals surface area contributed by atoms with Gasteiger partial charge in [-0.3, -0.25) is 9.88 Å². The topological polar surface area (TPSA) is 71.7 Å². The Morgan fingerprint density at radius 1 is 1.29 bits per heavy atom. The first-order valence-corrected chi connectivity index (χ1v) is 7.80. The van der Waals surface area contributed by atoms with Crippen LogP contribution in [0.3, 0.4) is 0 Å². The highest BCUT2D eigenvalue weighted by molar-refractivity contribution is 5.90. The maximum atomic E-state index is 14.6. The van der Waals surface area contributed by atoms with Gasteiger partial charge in [-0.1, -0.05) is 0 Å².